The van der Waals surface area contributed by atoms with E-state index in [1.54, 1.807) is 12.1 Å². The van der Waals surface area contributed by atoms with Crippen molar-refractivity contribution in [3.05, 3.63) is 30.3 Å². The van der Waals surface area contributed by atoms with Crippen LogP contribution in [0, 0.1) is 0 Å². The van der Waals surface area contributed by atoms with E-state index >= 15 is 0 Å². The van der Waals surface area contributed by atoms with E-state index in [-0.39, 0.29) is 8.69 Å². The molecule has 0 N–H and O–H groups in total. The molecule has 0 aliphatic carbocycles. The van der Waals surface area contributed by atoms with Gasteiger partial charge >= 0.3 is 8.69 Å². The number of rotatable bonds is 3. The minimum Gasteiger partial charge on any atom is -0.408 e. The molecular formula is C10H15O2P. The van der Waals surface area contributed by atoms with Gasteiger partial charge in [-0.25, -0.2) is 4.57 Å². The molecule has 0 aliphatic heterocycles. The Kier molecular flexibility index (Phi) is 8.59. The summed E-state index contributed by atoms with van der Waals surface area (Å²) >= 11 is 0. The quantitative estimate of drug-likeness (QED) is 0.684. The summed E-state index contributed by atoms with van der Waals surface area (Å²) in [6, 6.07) is 8.99. The van der Waals surface area contributed by atoms with Crippen LogP contribution in [0.1, 0.15) is 26.7 Å². The van der Waals surface area contributed by atoms with Crippen molar-refractivity contribution < 1.29 is 9.09 Å². The predicted octanol–water partition coefficient (Wildman–Crippen LogP) is 4.08. The molecule has 2 nitrogen and oxygen atoms in total. The molecule has 3 heteroatoms. The number of benzene rings is 1. The van der Waals surface area contributed by atoms with Crippen molar-refractivity contribution in [3.63, 3.8) is 0 Å². The number of para-hydroxylation sites is 1. The zero-order valence-corrected chi connectivity index (χ0v) is 8.96. The van der Waals surface area contributed by atoms with Crippen LogP contribution in [0.2, 0.25) is 0 Å². The van der Waals surface area contributed by atoms with Gasteiger partial charge in [0.2, 0.25) is 0 Å². The maximum absolute atomic E-state index is 9.85. The van der Waals surface area contributed by atoms with E-state index < -0.39 is 0 Å². The molecule has 13 heavy (non-hydrogen) atoms. The van der Waals surface area contributed by atoms with Crippen LogP contribution in [-0.4, -0.2) is 0 Å². The normalized spacial score (nSPS) is 8.77. The lowest BCUT2D eigenvalue weighted by atomic mass is 10.3. The van der Waals surface area contributed by atoms with Gasteiger partial charge in [-0.1, -0.05) is 44.9 Å². The van der Waals surface area contributed by atoms with Crippen LogP contribution < -0.4 is 4.52 Å². The SMILES string of the molecule is CCCC.O=POc1ccccc1. The average molecular weight is 198 g/mol. The third-order valence-corrected chi connectivity index (χ3v) is 1.67. The van der Waals surface area contributed by atoms with E-state index in [1.165, 1.54) is 12.8 Å². The Hall–Kier alpha value is -0.880. The first-order chi connectivity index (χ1) is 6.35. The van der Waals surface area contributed by atoms with Crippen LogP contribution in [0.4, 0.5) is 0 Å². The maximum atomic E-state index is 9.85. The van der Waals surface area contributed by atoms with Crippen molar-refractivity contribution in [1.29, 1.82) is 0 Å². The Balaban J connectivity index is 0.000000310. The molecule has 0 fully saturated rings. The molecule has 0 bridgehead atoms. The van der Waals surface area contributed by atoms with Crippen molar-refractivity contribution in [2.24, 2.45) is 0 Å². The van der Waals surface area contributed by atoms with Gasteiger partial charge < -0.3 is 4.52 Å². The molecule has 0 atom stereocenters. The summed E-state index contributed by atoms with van der Waals surface area (Å²) in [7, 11) is -0.305. The van der Waals surface area contributed by atoms with Crippen LogP contribution in [0.25, 0.3) is 0 Å². The van der Waals surface area contributed by atoms with E-state index in [0.29, 0.717) is 5.75 Å². The van der Waals surface area contributed by atoms with Gasteiger partial charge in [-0.2, -0.15) is 0 Å². The second kappa shape index (κ2) is 9.21. The van der Waals surface area contributed by atoms with Crippen molar-refractivity contribution in [3.8, 4) is 5.75 Å². The van der Waals surface area contributed by atoms with Gasteiger partial charge in [0.15, 0.2) is 0 Å². The molecule has 0 aromatic heterocycles. The number of hydrogen-bond donors (Lipinski definition) is 0. The van der Waals surface area contributed by atoms with Gasteiger partial charge in [-0.05, 0) is 12.1 Å². The minimum absolute atomic E-state index is 0.305. The lowest BCUT2D eigenvalue weighted by Crippen LogP contribution is -1.70. The molecular weight excluding hydrogens is 183 g/mol. The Morgan fingerprint density at radius 3 is 2.08 bits per heavy atom. The highest BCUT2D eigenvalue weighted by molar-refractivity contribution is 7.17. The van der Waals surface area contributed by atoms with E-state index in [9.17, 15) is 4.57 Å². The Bertz CT molecular complexity index is 209. The summed E-state index contributed by atoms with van der Waals surface area (Å²) < 4.78 is 14.5. The molecule has 0 aliphatic rings. The third kappa shape index (κ3) is 7.48. The van der Waals surface area contributed by atoms with E-state index in [0.717, 1.165) is 0 Å². The molecule has 0 radical (unpaired) electrons. The van der Waals surface area contributed by atoms with E-state index in [2.05, 4.69) is 18.4 Å². The van der Waals surface area contributed by atoms with Crippen molar-refractivity contribution >= 4 is 8.69 Å². The predicted molar refractivity (Wildman–Crippen MR) is 55.3 cm³/mol. The van der Waals surface area contributed by atoms with Crippen LogP contribution in [0.3, 0.4) is 0 Å². The van der Waals surface area contributed by atoms with Gasteiger partial charge in [0.1, 0.15) is 5.75 Å². The topological polar surface area (TPSA) is 26.3 Å². The highest BCUT2D eigenvalue weighted by Gasteiger charge is 1.85. The molecule has 0 unspecified atom stereocenters. The number of unbranched alkanes of at least 4 members (excludes halogenated alkanes) is 1. The summed E-state index contributed by atoms with van der Waals surface area (Å²) in [5.41, 5.74) is 0. The fourth-order valence-electron chi connectivity index (χ4n) is 0.524. The molecule has 1 aromatic carbocycles. The van der Waals surface area contributed by atoms with E-state index in [1.807, 2.05) is 18.2 Å². The lowest BCUT2D eigenvalue weighted by molar-refractivity contribution is 0.525. The summed E-state index contributed by atoms with van der Waals surface area (Å²) in [6.45, 7) is 4.36. The second-order valence-corrected chi connectivity index (χ2v) is 2.81. The first-order valence-electron chi connectivity index (χ1n) is 4.39. The molecule has 0 saturated heterocycles. The van der Waals surface area contributed by atoms with Crippen LogP contribution in [0.15, 0.2) is 30.3 Å². The number of hydrogen-bond acceptors (Lipinski definition) is 2. The molecule has 0 amide bonds. The minimum atomic E-state index is -0.305. The monoisotopic (exact) mass is 198 g/mol. The second-order valence-electron chi connectivity index (χ2n) is 2.48. The summed E-state index contributed by atoms with van der Waals surface area (Å²) in [6.07, 6.45) is 2.64. The van der Waals surface area contributed by atoms with Crippen molar-refractivity contribution in [2.45, 2.75) is 26.7 Å². The van der Waals surface area contributed by atoms with Gasteiger partial charge in [0.25, 0.3) is 0 Å². The maximum Gasteiger partial charge on any atom is 0.395 e. The van der Waals surface area contributed by atoms with Gasteiger partial charge in [-0.15, -0.1) is 0 Å². The third-order valence-electron chi connectivity index (χ3n) is 1.39. The summed E-state index contributed by atoms with van der Waals surface area (Å²) in [4.78, 5) is 0. The summed E-state index contributed by atoms with van der Waals surface area (Å²) in [5, 5.41) is 0. The van der Waals surface area contributed by atoms with Gasteiger partial charge in [0, 0.05) is 0 Å². The van der Waals surface area contributed by atoms with Gasteiger partial charge in [-0.3, -0.25) is 0 Å². The first-order valence-corrected chi connectivity index (χ1v) is 5.12. The van der Waals surface area contributed by atoms with Crippen LogP contribution >= 0.6 is 8.69 Å². The molecule has 0 heterocycles. The fraction of sp³-hybridized carbons (Fsp3) is 0.400. The zero-order chi connectivity index (χ0) is 9.94. The average Bonchev–Trinajstić information content (AvgIpc) is 2.20. The van der Waals surface area contributed by atoms with Crippen molar-refractivity contribution in [2.75, 3.05) is 0 Å². The highest BCUT2D eigenvalue weighted by Crippen LogP contribution is 2.12. The Labute approximate surface area is 81.2 Å². The zero-order valence-electron chi connectivity index (χ0n) is 8.06. The Morgan fingerprint density at radius 2 is 1.69 bits per heavy atom. The lowest BCUT2D eigenvalue weighted by Gasteiger charge is -1.90. The molecule has 1 aromatic rings. The Morgan fingerprint density at radius 1 is 1.15 bits per heavy atom. The molecule has 0 spiro atoms. The standard InChI is InChI=1S/C6H5O2P.C4H10/c7-9-8-6-4-2-1-3-5-6;1-3-4-2/h1-5H;3-4H2,1-2H3. The largest absolute Gasteiger partial charge is 0.408 e. The van der Waals surface area contributed by atoms with Crippen LogP contribution in [-0.2, 0) is 4.57 Å². The fourth-order valence-corrected chi connectivity index (χ4v) is 0.732. The van der Waals surface area contributed by atoms with Crippen LogP contribution in [0.5, 0.6) is 5.75 Å². The van der Waals surface area contributed by atoms with Crippen molar-refractivity contribution in [1.82, 2.24) is 0 Å². The van der Waals surface area contributed by atoms with Gasteiger partial charge in [0.05, 0.1) is 0 Å². The molecule has 72 valence electrons. The first kappa shape index (κ1) is 12.1. The smallest absolute Gasteiger partial charge is 0.395 e. The molecule has 0 saturated carbocycles. The highest BCUT2D eigenvalue weighted by atomic mass is 31.1. The summed E-state index contributed by atoms with van der Waals surface area (Å²) in [5.74, 6) is 0.620. The van der Waals surface area contributed by atoms with E-state index in [4.69, 9.17) is 0 Å². The molecule has 1 rings (SSSR count).